The lowest BCUT2D eigenvalue weighted by molar-refractivity contribution is 0.172. The Labute approximate surface area is 134 Å². The van der Waals surface area contributed by atoms with Gasteiger partial charge in [0, 0.05) is 31.5 Å². The molecule has 0 bridgehead atoms. The van der Waals surface area contributed by atoms with Gasteiger partial charge in [-0.3, -0.25) is 0 Å². The smallest absolute Gasteiger partial charge is 0.119 e. The number of hydrogen-bond acceptors (Lipinski definition) is 3. The van der Waals surface area contributed by atoms with Crippen molar-refractivity contribution >= 4 is 28.3 Å². The van der Waals surface area contributed by atoms with Gasteiger partial charge in [-0.05, 0) is 36.2 Å². The molecule has 1 aromatic carbocycles. The van der Waals surface area contributed by atoms with Crippen molar-refractivity contribution in [1.29, 1.82) is 0 Å². The first-order valence-corrected chi connectivity index (χ1v) is 7.97. The van der Waals surface area contributed by atoms with Crippen LogP contribution in [0.4, 0.5) is 0 Å². The first kappa shape index (κ1) is 15.4. The Morgan fingerprint density at radius 3 is 2.70 bits per heavy atom. The quantitative estimate of drug-likeness (QED) is 0.460. The third kappa shape index (κ3) is 4.24. The summed E-state index contributed by atoms with van der Waals surface area (Å²) in [5, 5.41) is 3.36. The average Bonchev–Trinajstić information content (AvgIpc) is 2.47. The molecule has 0 aliphatic carbocycles. The van der Waals surface area contributed by atoms with E-state index in [2.05, 4.69) is 52.7 Å². The Morgan fingerprint density at radius 2 is 2.05 bits per heavy atom. The highest BCUT2D eigenvalue weighted by Gasteiger charge is 2.15. The summed E-state index contributed by atoms with van der Waals surface area (Å²) >= 11 is 2.40. The maximum absolute atomic E-state index is 5.65. The molecule has 1 aliphatic rings. The predicted octanol–water partition coefficient (Wildman–Crippen LogP) is 3.75. The third-order valence-electron chi connectivity index (χ3n) is 3.13. The molecule has 2 rings (SSSR count). The van der Waals surface area contributed by atoms with Crippen LogP contribution in [0.2, 0.25) is 0 Å². The molecule has 20 heavy (non-hydrogen) atoms. The van der Waals surface area contributed by atoms with Gasteiger partial charge in [0.1, 0.15) is 5.75 Å². The summed E-state index contributed by atoms with van der Waals surface area (Å²) in [4.78, 5) is 0. The highest BCUT2D eigenvalue weighted by molar-refractivity contribution is 14.1. The van der Waals surface area contributed by atoms with Gasteiger partial charge in [0.05, 0.1) is 10.5 Å². The molecule has 1 atom stereocenters. The number of hydrogen-bond donors (Lipinski definition) is 1. The molecule has 0 amide bonds. The van der Waals surface area contributed by atoms with Crippen LogP contribution in [0.15, 0.2) is 42.6 Å². The lowest BCUT2D eigenvalue weighted by Crippen LogP contribution is -2.22. The molecule has 0 radical (unpaired) electrons. The van der Waals surface area contributed by atoms with Crippen LogP contribution in [0.1, 0.15) is 18.4 Å². The molecular weight excluding hydrogens is 365 g/mol. The van der Waals surface area contributed by atoms with E-state index >= 15 is 0 Å². The molecule has 1 N–H and O–H groups in total. The van der Waals surface area contributed by atoms with Crippen molar-refractivity contribution in [1.82, 2.24) is 5.32 Å². The van der Waals surface area contributed by atoms with Crippen LogP contribution in [0.5, 0.6) is 5.75 Å². The molecule has 0 fully saturated rings. The Morgan fingerprint density at radius 1 is 1.30 bits per heavy atom. The number of rotatable bonds is 6. The molecule has 0 aromatic heterocycles. The summed E-state index contributed by atoms with van der Waals surface area (Å²) in [7, 11) is 1.70. The summed E-state index contributed by atoms with van der Waals surface area (Å²) in [5.74, 6) is 0.895. The van der Waals surface area contributed by atoms with E-state index in [-0.39, 0.29) is 0 Å². The Balaban J connectivity index is 1.93. The van der Waals surface area contributed by atoms with E-state index in [1.807, 2.05) is 12.1 Å². The molecule has 1 heterocycles. The van der Waals surface area contributed by atoms with Gasteiger partial charge in [0.15, 0.2) is 0 Å². The van der Waals surface area contributed by atoms with E-state index in [4.69, 9.17) is 9.47 Å². The van der Waals surface area contributed by atoms with Crippen LogP contribution in [0, 0.1) is 0 Å². The van der Waals surface area contributed by atoms with Gasteiger partial charge in [-0.25, -0.2) is 0 Å². The number of ether oxygens (including phenoxy) is 2. The fraction of sp³-hybridized carbons (Fsp3) is 0.375. The molecular formula is C16H20INO2. The van der Waals surface area contributed by atoms with Crippen LogP contribution in [0.25, 0.3) is 5.70 Å². The zero-order valence-electron chi connectivity index (χ0n) is 11.7. The van der Waals surface area contributed by atoms with Crippen LogP contribution in [0.3, 0.4) is 0 Å². The van der Waals surface area contributed by atoms with Crippen molar-refractivity contribution in [2.45, 2.75) is 16.8 Å². The van der Waals surface area contributed by atoms with Crippen molar-refractivity contribution in [3.63, 3.8) is 0 Å². The zero-order chi connectivity index (χ0) is 14.4. The molecule has 0 saturated heterocycles. The predicted molar refractivity (Wildman–Crippen MR) is 91.1 cm³/mol. The lowest BCUT2D eigenvalue weighted by Gasteiger charge is -2.22. The third-order valence-corrected chi connectivity index (χ3v) is 4.39. The Hall–Kier alpha value is -1.01. The molecule has 1 unspecified atom stereocenters. The first-order valence-electron chi connectivity index (χ1n) is 6.73. The second-order valence-electron chi connectivity index (χ2n) is 4.69. The molecule has 0 spiro atoms. The van der Waals surface area contributed by atoms with Crippen molar-refractivity contribution in [3.05, 3.63) is 48.2 Å². The highest BCUT2D eigenvalue weighted by atomic mass is 127. The minimum atomic E-state index is 0.472. The molecule has 4 heteroatoms. The second-order valence-corrected chi connectivity index (χ2v) is 6.19. The summed E-state index contributed by atoms with van der Waals surface area (Å²) in [6.07, 6.45) is 4.15. The first-order chi connectivity index (χ1) is 9.70. The van der Waals surface area contributed by atoms with E-state index < -0.39 is 0 Å². The topological polar surface area (TPSA) is 30.5 Å². The maximum atomic E-state index is 5.65. The van der Waals surface area contributed by atoms with Gasteiger partial charge in [-0.15, -0.1) is 0 Å². The number of benzene rings is 1. The maximum Gasteiger partial charge on any atom is 0.119 e. The number of alkyl halides is 1. The van der Waals surface area contributed by atoms with Gasteiger partial charge >= 0.3 is 0 Å². The Kier molecular flexibility index (Phi) is 5.91. The van der Waals surface area contributed by atoms with Crippen molar-refractivity contribution in [2.24, 2.45) is 0 Å². The fourth-order valence-electron chi connectivity index (χ4n) is 1.98. The van der Waals surface area contributed by atoms with Crippen molar-refractivity contribution < 1.29 is 9.47 Å². The zero-order valence-corrected chi connectivity index (χ0v) is 13.9. The largest absolute Gasteiger partial charge is 0.494 e. The normalized spacial score (nSPS) is 18.4. The van der Waals surface area contributed by atoms with Gasteiger partial charge in [-0.1, -0.05) is 35.2 Å². The van der Waals surface area contributed by atoms with E-state index in [1.165, 1.54) is 5.56 Å². The van der Waals surface area contributed by atoms with E-state index in [0.717, 1.165) is 36.6 Å². The number of methoxy groups -OCH3 is 1. The van der Waals surface area contributed by atoms with Crippen LogP contribution < -0.4 is 10.1 Å². The lowest BCUT2D eigenvalue weighted by atomic mass is 10.1. The van der Waals surface area contributed by atoms with Crippen LogP contribution in [-0.2, 0) is 4.74 Å². The minimum absolute atomic E-state index is 0.472. The summed E-state index contributed by atoms with van der Waals surface area (Å²) in [5.41, 5.74) is 3.37. The molecule has 3 nitrogen and oxygen atoms in total. The van der Waals surface area contributed by atoms with Crippen molar-refractivity contribution in [2.75, 3.05) is 20.3 Å². The number of halogens is 1. The summed E-state index contributed by atoms with van der Waals surface area (Å²) in [6.45, 7) is 5.46. The van der Waals surface area contributed by atoms with Gasteiger partial charge in [0.25, 0.3) is 0 Å². The van der Waals surface area contributed by atoms with E-state index in [0.29, 0.717) is 10.5 Å². The van der Waals surface area contributed by atoms with Crippen molar-refractivity contribution in [3.8, 4) is 5.75 Å². The molecule has 1 aromatic rings. The van der Waals surface area contributed by atoms with Gasteiger partial charge in [0.2, 0.25) is 0 Å². The summed E-state index contributed by atoms with van der Waals surface area (Å²) in [6, 6.07) is 8.16. The Bertz CT molecular complexity index is 482. The second kappa shape index (κ2) is 7.69. The summed E-state index contributed by atoms with van der Waals surface area (Å²) < 4.78 is 11.1. The SMILES string of the molecule is C=C1NC(c2ccc(OCCCOC)cc2)=CCC1I. The van der Waals surface area contributed by atoms with E-state index in [1.54, 1.807) is 7.11 Å². The standard InChI is InChI=1S/C16H20INO2/c1-12-15(17)8-9-16(18-12)13-4-6-14(7-5-13)20-11-3-10-19-2/h4-7,9,15,18H,1,3,8,10-11H2,2H3. The number of allylic oxidation sites excluding steroid dienone is 2. The monoisotopic (exact) mass is 385 g/mol. The fourth-order valence-corrected chi connectivity index (χ4v) is 2.39. The highest BCUT2D eigenvalue weighted by Crippen LogP contribution is 2.26. The van der Waals surface area contributed by atoms with Crippen LogP contribution in [-0.4, -0.2) is 24.2 Å². The molecule has 108 valence electrons. The molecule has 1 aliphatic heterocycles. The number of nitrogens with one attached hydrogen (secondary N) is 1. The minimum Gasteiger partial charge on any atom is -0.494 e. The van der Waals surface area contributed by atoms with Crippen LogP contribution >= 0.6 is 22.6 Å². The average molecular weight is 385 g/mol. The van der Waals surface area contributed by atoms with Gasteiger partial charge in [-0.2, -0.15) is 0 Å². The molecule has 0 saturated carbocycles. The van der Waals surface area contributed by atoms with Gasteiger partial charge < -0.3 is 14.8 Å². The van der Waals surface area contributed by atoms with E-state index in [9.17, 15) is 0 Å².